The van der Waals surface area contributed by atoms with Crippen LogP contribution in [0.2, 0.25) is 0 Å². The molecule has 1 radical (unpaired) electrons. The monoisotopic (exact) mass is 170 g/mol. The Morgan fingerprint density at radius 1 is 1.33 bits per heavy atom. The molecule has 0 aliphatic heterocycles. The number of aliphatic hydroxyl groups excluding tert-OH is 1. The van der Waals surface area contributed by atoms with Crippen LogP contribution < -0.4 is 5.73 Å². The smallest absolute Gasteiger partial charge is 0.0551 e. The minimum atomic E-state index is -0.191. The molecule has 2 N–H and O–H groups in total. The van der Waals surface area contributed by atoms with E-state index in [1.54, 1.807) is 0 Å². The highest BCUT2D eigenvalue weighted by atomic mass is 16.3. The third kappa shape index (κ3) is 2.20. The number of hydrogen-bond acceptors (Lipinski definition) is 1. The third-order valence-corrected chi connectivity index (χ3v) is 2.85. The molecule has 2 nitrogen and oxygen atoms in total. The summed E-state index contributed by atoms with van der Waals surface area (Å²) in [6.07, 6.45) is 2.58. The van der Waals surface area contributed by atoms with Crippen LogP contribution in [0.5, 0.6) is 0 Å². The molecular formula is C10H20NO. The van der Waals surface area contributed by atoms with E-state index in [-0.39, 0.29) is 16.9 Å². The van der Waals surface area contributed by atoms with Crippen LogP contribution in [0.3, 0.4) is 0 Å². The summed E-state index contributed by atoms with van der Waals surface area (Å²) in [5, 5.41) is 9.63. The van der Waals surface area contributed by atoms with Gasteiger partial charge in [-0.15, -0.1) is 0 Å². The lowest BCUT2D eigenvalue weighted by atomic mass is 9.63. The van der Waals surface area contributed by atoms with Gasteiger partial charge < -0.3 is 5.11 Å². The Balaban J connectivity index is 2.70. The molecule has 0 saturated heterocycles. The third-order valence-electron chi connectivity index (χ3n) is 2.85. The molecule has 12 heavy (non-hydrogen) atoms. The molecule has 71 valence electrons. The Bertz CT molecular complexity index is 167. The number of hydrogen-bond donors (Lipinski definition) is 1. The SMILES string of the molecule is CC1(C)CC(O)CC(C)(C[NH])C1. The van der Waals surface area contributed by atoms with Crippen molar-refractivity contribution < 1.29 is 5.11 Å². The summed E-state index contributed by atoms with van der Waals surface area (Å²) in [6.45, 7) is 6.92. The molecule has 1 saturated carbocycles. The van der Waals surface area contributed by atoms with Crippen molar-refractivity contribution in [3.8, 4) is 0 Å². The normalized spacial score (nSPS) is 41.2. The maximum atomic E-state index is 9.63. The van der Waals surface area contributed by atoms with Gasteiger partial charge in [-0.2, -0.15) is 0 Å². The quantitative estimate of drug-likeness (QED) is 0.641. The highest BCUT2D eigenvalue weighted by Gasteiger charge is 2.39. The highest BCUT2D eigenvalue weighted by molar-refractivity contribution is 4.91. The van der Waals surface area contributed by atoms with Crippen molar-refractivity contribution in [1.29, 1.82) is 0 Å². The van der Waals surface area contributed by atoms with Crippen LogP contribution in [0.1, 0.15) is 40.0 Å². The average Bonchev–Trinajstić information content (AvgIpc) is 1.82. The molecule has 2 unspecified atom stereocenters. The maximum Gasteiger partial charge on any atom is 0.0551 e. The van der Waals surface area contributed by atoms with Crippen molar-refractivity contribution >= 4 is 0 Å². The zero-order valence-electron chi connectivity index (χ0n) is 8.35. The van der Waals surface area contributed by atoms with Crippen molar-refractivity contribution in [2.75, 3.05) is 6.54 Å². The predicted molar refractivity (Wildman–Crippen MR) is 49.7 cm³/mol. The van der Waals surface area contributed by atoms with E-state index in [0.29, 0.717) is 6.54 Å². The van der Waals surface area contributed by atoms with Gasteiger partial charge in [0.15, 0.2) is 0 Å². The van der Waals surface area contributed by atoms with Gasteiger partial charge in [-0.3, -0.25) is 5.73 Å². The van der Waals surface area contributed by atoms with Gasteiger partial charge in [0, 0.05) is 6.54 Å². The topological polar surface area (TPSA) is 44.0 Å². The van der Waals surface area contributed by atoms with Crippen molar-refractivity contribution in [3.63, 3.8) is 0 Å². The summed E-state index contributed by atoms with van der Waals surface area (Å²) in [7, 11) is 0. The Morgan fingerprint density at radius 2 is 1.92 bits per heavy atom. The van der Waals surface area contributed by atoms with E-state index >= 15 is 0 Å². The molecule has 1 aliphatic rings. The lowest BCUT2D eigenvalue weighted by Gasteiger charge is -2.44. The van der Waals surface area contributed by atoms with E-state index in [9.17, 15) is 5.11 Å². The minimum Gasteiger partial charge on any atom is -0.393 e. The van der Waals surface area contributed by atoms with Crippen LogP contribution in [0.4, 0.5) is 0 Å². The van der Waals surface area contributed by atoms with E-state index in [2.05, 4.69) is 20.8 Å². The number of aliphatic hydroxyl groups is 1. The first kappa shape index (κ1) is 10.0. The van der Waals surface area contributed by atoms with E-state index in [1.165, 1.54) is 0 Å². The fraction of sp³-hybridized carbons (Fsp3) is 1.00. The van der Waals surface area contributed by atoms with E-state index in [0.717, 1.165) is 19.3 Å². The van der Waals surface area contributed by atoms with Crippen LogP contribution >= 0.6 is 0 Å². The second-order valence-corrected chi connectivity index (χ2v) is 5.39. The van der Waals surface area contributed by atoms with Gasteiger partial charge in [0.1, 0.15) is 0 Å². The molecule has 1 aliphatic carbocycles. The molecule has 0 amide bonds. The molecular weight excluding hydrogens is 150 g/mol. The Hall–Kier alpha value is -0.0800. The molecule has 0 aromatic carbocycles. The number of rotatable bonds is 1. The second-order valence-electron chi connectivity index (χ2n) is 5.39. The summed E-state index contributed by atoms with van der Waals surface area (Å²) in [6, 6.07) is 0. The summed E-state index contributed by atoms with van der Waals surface area (Å²) in [5.74, 6) is 0. The first-order valence-electron chi connectivity index (χ1n) is 4.70. The lowest BCUT2D eigenvalue weighted by Crippen LogP contribution is -2.40. The lowest BCUT2D eigenvalue weighted by molar-refractivity contribution is -0.00569. The van der Waals surface area contributed by atoms with Crippen LogP contribution in [0, 0.1) is 10.8 Å². The van der Waals surface area contributed by atoms with Crippen LogP contribution in [0.15, 0.2) is 0 Å². The molecule has 0 aromatic rings. The Labute approximate surface area is 75.2 Å². The Morgan fingerprint density at radius 3 is 2.33 bits per heavy atom. The van der Waals surface area contributed by atoms with Gasteiger partial charge >= 0.3 is 0 Å². The molecule has 1 fully saturated rings. The highest BCUT2D eigenvalue weighted by Crippen LogP contribution is 2.45. The zero-order chi connectivity index (χ0) is 9.41. The Kier molecular flexibility index (Phi) is 2.50. The predicted octanol–water partition coefficient (Wildman–Crippen LogP) is 1.85. The minimum absolute atomic E-state index is 0.0428. The van der Waals surface area contributed by atoms with Gasteiger partial charge in [0.25, 0.3) is 0 Å². The first-order valence-corrected chi connectivity index (χ1v) is 4.70. The largest absolute Gasteiger partial charge is 0.393 e. The first-order chi connectivity index (χ1) is 5.37. The van der Waals surface area contributed by atoms with Gasteiger partial charge in [-0.25, -0.2) is 0 Å². The van der Waals surface area contributed by atoms with Crippen molar-refractivity contribution in [2.45, 2.75) is 46.1 Å². The standard InChI is InChI=1S/C10H20NO/c1-9(2)4-8(12)5-10(3,6-9)7-11/h8,11-12H,4-7H2,1-3H3. The second kappa shape index (κ2) is 3.00. The molecule has 0 bridgehead atoms. The van der Waals surface area contributed by atoms with Crippen LogP contribution in [-0.4, -0.2) is 17.8 Å². The maximum absolute atomic E-state index is 9.63. The van der Waals surface area contributed by atoms with Crippen molar-refractivity contribution in [1.82, 2.24) is 5.73 Å². The zero-order valence-corrected chi connectivity index (χ0v) is 8.35. The number of nitrogens with one attached hydrogen (secondary N) is 1. The molecule has 0 spiro atoms. The summed E-state index contributed by atoms with van der Waals surface area (Å²) >= 11 is 0. The van der Waals surface area contributed by atoms with Crippen LogP contribution in [-0.2, 0) is 0 Å². The summed E-state index contributed by atoms with van der Waals surface area (Å²) in [4.78, 5) is 0. The fourth-order valence-corrected chi connectivity index (χ4v) is 2.71. The van der Waals surface area contributed by atoms with E-state index in [4.69, 9.17) is 5.73 Å². The van der Waals surface area contributed by atoms with Crippen LogP contribution in [0.25, 0.3) is 0 Å². The van der Waals surface area contributed by atoms with E-state index < -0.39 is 0 Å². The molecule has 2 atom stereocenters. The van der Waals surface area contributed by atoms with Gasteiger partial charge in [0.2, 0.25) is 0 Å². The van der Waals surface area contributed by atoms with Crippen molar-refractivity contribution in [3.05, 3.63) is 0 Å². The van der Waals surface area contributed by atoms with Gasteiger partial charge in [-0.05, 0) is 30.1 Å². The summed E-state index contributed by atoms with van der Waals surface area (Å²) < 4.78 is 0. The van der Waals surface area contributed by atoms with Gasteiger partial charge in [-0.1, -0.05) is 20.8 Å². The molecule has 0 aromatic heterocycles. The van der Waals surface area contributed by atoms with Gasteiger partial charge in [0.05, 0.1) is 6.10 Å². The molecule has 0 heterocycles. The molecule has 2 heteroatoms. The van der Waals surface area contributed by atoms with Crippen molar-refractivity contribution in [2.24, 2.45) is 10.8 Å². The summed E-state index contributed by atoms with van der Waals surface area (Å²) in [5.41, 5.74) is 7.71. The van der Waals surface area contributed by atoms with E-state index in [1.807, 2.05) is 0 Å². The molecule has 1 rings (SSSR count). The average molecular weight is 170 g/mol. The fourth-order valence-electron chi connectivity index (χ4n) is 2.71.